The lowest BCUT2D eigenvalue weighted by Crippen LogP contribution is -2.11. The lowest BCUT2D eigenvalue weighted by atomic mass is 10.2. The van der Waals surface area contributed by atoms with Crippen LogP contribution in [0.4, 0.5) is 4.39 Å². The minimum Gasteiger partial charge on any atom is -0.497 e. The molecule has 0 spiro atoms. The third-order valence-electron chi connectivity index (χ3n) is 2.72. The van der Waals surface area contributed by atoms with Crippen LogP contribution in [0.15, 0.2) is 47.9 Å². The molecule has 25 heavy (non-hydrogen) atoms. The van der Waals surface area contributed by atoms with Crippen LogP contribution in [0.25, 0.3) is 6.08 Å². The van der Waals surface area contributed by atoms with Gasteiger partial charge in [0.15, 0.2) is 0 Å². The summed E-state index contributed by atoms with van der Waals surface area (Å²) in [5.74, 6) is -0.516. The highest BCUT2D eigenvalue weighted by atomic mass is 35.5. The van der Waals surface area contributed by atoms with Crippen LogP contribution in [0, 0.1) is 5.82 Å². The first kappa shape index (κ1) is 20.6. The van der Waals surface area contributed by atoms with Crippen LogP contribution in [0.5, 0.6) is 5.75 Å². The fraction of sp³-hybridized carbons (Fsp3) is 0.0625. The molecule has 0 atom stereocenters. The predicted octanol–water partition coefficient (Wildman–Crippen LogP) is 3.13. The predicted molar refractivity (Wildman–Crippen MR) is 93.5 cm³/mol. The van der Waals surface area contributed by atoms with Crippen LogP contribution in [0.2, 0.25) is 5.02 Å². The molecular weight excluding hydrogens is 373 g/mol. The zero-order chi connectivity index (χ0) is 19.0. The largest absolute Gasteiger partial charge is 0.497 e. The van der Waals surface area contributed by atoms with Gasteiger partial charge in [-0.15, -0.1) is 0 Å². The minimum atomic E-state index is -4.06. The number of carbonyl (C=O) groups excluding carboxylic acids is 1. The highest BCUT2D eigenvalue weighted by molar-refractivity contribution is 7.88. The summed E-state index contributed by atoms with van der Waals surface area (Å²) in [6.45, 7) is 0. The molecule has 6 nitrogen and oxygen atoms in total. The smallest absolute Gasteiger partial charge is 0.287 e. The number of halogens is 2. The number of methoxy groups -OCH3 is 1. The number of rotatable bonds is 4. The number of carbonyl (C=O) groups is 1. The van der Waals surface area contributed by atoms with Crippen LogP contribution < -0.4 is 10.5 Å². The van der Waals surface area contributed by atoms with Gasteiger partial charge in [0.1, 0.15) is 11.6 Å². The Balaban J connectivity index is 0.000000257. The van der Waals surface area contributed by atoms with Gasteiger partial charge in [0, 0.05) is 0 Å². The Morgan fingerprint density at radius 2 is 1.96 bits per heavy atom. The van der Waals surface area contributed by atoms with Gasteiger partial charge in [-0.3, -0.25) is 9.35 Å². The lowest BCUT2D eigenvalue weighted by molar-refractivity contribution is 0.100. The Bertz CT molecular complexity index is 884. The van der Waals surface area contributed by atoms with E-state index in [1.54, 1.807) is 24.3 Å². The second-order valence-electron chi connectivity index (χ2n) is 4.58. The van der Waals surface area contributed by atoms with E-state index in [2.05, 4.69) is 0 Å². The van der Waals surface area contributed by atoms with Crippen LogP contribution in [-0.4, -0.2) is 26.0 Å². The summed E-state index contributed by atoms with van der Waals surface area (Å²) in [6, 6.07) is 10.2. The Kier molecular flexibility index (Phi) is 7.56. The lowest BCUT2D eigenvalue weighted by Gasteiger charge is -1.99. The van der Waals surface area contributed by atoms with Gasteiger partial charge in [0.05, 0.1) is 23.1 Å². The molecule has 0 unspecified atom stereocenters. The van der Waals surface area contributed by atoms with Crippen LogP contribution >= 0.6 is 11.6 Å². The third kappa shape index (κ3) is 7.79. The summed E-state index contributed by atoms with van der Waals surface area (Å²) in [5, 5.41) is 0.763. The molecule has 0 fully saturated rings. The van der Waals surface area contributed by atoms with E-state index < -0.39 is 21.8 Å². The maximum atomic E-state index is 12.4. The van der Waals surface area contributed by atoms with E-state index in [1.807, 2.05) is 0 Å². The summed E-state index contributed by atoms with van der Waals surface area (Å²) >= 11 is 5.48. The van der Waals surface area contributed by atoms with Gasteiger partial charge in [-0.1, -0.05) is 23.7 Å². The van der Waals surface area contributed by atoms with Crippen molar-refractivity contribution in [3.8, 4) is 5.75 Å². The molecule has 0 heterocycles. The average molecular weight is 388 g/mol. The van der Waals surface area contributed by atoms with Crippen molar-refractivity contribution in [1.82, 2.24) is 0 Å². The van der Waals surface area contributed by atoms with E-state index in [9.17, 15) is 17.6 Å². The fourth-order valence-electron chi connectivity index (χ4n) is 1.60. The Hall–Kier alpha value is -2.42. The number of ether oxygens (including phenoxy) is 1. The van der Waals surface area contributed by atoms with Gasteiger partial charge in [-0.25, -0.2) is 4.39 Å². The molecule has 0 aromatic heterocycles. The number of benzene rings is 2. The molecule has 3 N–H and O–H groups in total. The van der Waals surface area contributed by atoms with E-state index in [0.29, 0.717) is 11.3 Å². The molecule has 2 aromatic rings. The maximum Gasteiger partial charge on any atom is 0.287 e. The van der Waals surface area contributed by atoms with Gasteiger partial charge >= 0.3 is 0 Å². The molecule has 0 saturated carbocycles. The van der Waals surface area contributed by atoms with Crippen molar-refractivity contribution >= 4 is 33.7 Å². The molecule has 134 valence electrons. The zero-order valence-electron chi connectivity index (χ0n) is 13.0. The highest BCUT2D eigenvalue weighted by Gasteiger charge is 2.05. The molecule has 0 aliphatic rings. The van der Waals surface area contributed by atoms with Crippen molar-refractivity contribution in [2.24, 2.45) is 5.73 Å². The van der Waals surface area contributed by atoms with Crippen molar-refractivity contribution in [2.75, 3.05) is 7.11 Å². The number of hydrogen-bond acceptors (Lipinski definition) is 4. The van der Waals surface area contributed by atoms with Crippen molar-refractivity contribution in [3.63, 3.8) is 0 Å². The monoisotopic (exact) mass is 387 g/mol. The fourth-order valence-corrected chi connectivity index (χ4v) is 2.19. The van der Waals surface area contributed by atoms with Crippen molar-refractivity contribution < 1.29 is 26.9 Å². The zero-order valence-corrected chi connectivity index (χ0v) is 14.6. The first-order valence-electron chi connectivity index (χ1n) is 6.67. The quantitative estimate of drug-likeness (QED) is 0.784. The van der Waals surface area contributed by atoms with E-state index in [0.717, 1.165) is 17.5 Å². The first-order valence-corrected chi connectivity index (χ1v) is 8.55. The standard InChI is InChI=1S/C9H10O4S.C7H5ClFNO/c1-13-9-4-2-3-8(7-9)5-6-14(10,11)12;8-6-3-4(9)1-2-5(6)7(10)11/h2-7H,1H3,(H,10,11,12);1-3H,(H2,10,11)/b6-5+;. The van der Waals surface area contributed by atoms with Crippen molar-refractivity contribution in [3.05, 3.63) is 69.8 Å². The van der Waals surface area contributed by atoms with Gasteiger partial charge in [0.2, 0.25) is 5.91 Å². The van der Waals surface area contributed by atoms with Gasteiger partial charge in [0.25, 0.3) is 10.1 Å². The number of nitrogens with two attached hydrogens (primary N) is 1. The Labute approximate surface area is 149 Å². The molecule has 0 saturated heterocycles. The maximum absolute atomic E-state index is 12.4. The summed E-state index contributed by atoms with van der Waals surface area (Å²) in [6.07, 6.45) is 1.29. The number of primary amides is 1. The molecule has 2 aromatic carbocycles. The topological polar surface area (TPSA) is 107 Å². The summed E-state index contributed by atoms with van der Waals surface area (Å²) in [7, 11) is -2.54. The van der Waals surface area contributed by atoms with Gasteiger partial charge < -0.3 is 10.5 Å². The second-order valence-corrected chi connectivity index (χ2v) is 6.29. The highest BCUT2D eigenvalue weighted by Crippen LogP contribution is 2.16. The number of amides is 1. The Morgan fingerprint density at radius 1 is 1.28 bits per heavy atom. The minimum absolute atomic E-state index is 0.0394. The van der Waals surface area contributed by atoms with Crippen molar-refractivity contribution in [1.29, 1.82) is 0 Å². The van der Waals surface area contributed by atoms with E-state index in [-0.39, 0.29) is 10.6 Å². The summed E-state index contributed by atoms with van der Waals surface area (Å²) in [4.78, 5) is 10.5. The van der Waals surface area contributed by atoms with Crippen LogP contribution in [-0.2, 0) is 10.1 Å². The van der Waals surface area contributed by atoms with E-state index in [1.165, 1.54) is 19.3 Å². The Morgan fingerprint density at radius 3 is 2.48 bits per heavy atom. The van der Waals surface area contributed by atoms with Gasteiger partial charge in [-0.2, -0.15) is 8.42 Å². The molecule has 2 rings (SSSR count). The molecule has 1 amide bonds. The molecule has 0 radical (unpaired) electrons. The van der Waals surface area contributed by atoms with E-state index in [4.69, 9.17) is 26.6 Å². The van der Waals surface area contributed by atoms with Crippen LogP contribution in [0.1, 0.15) is 15.9 Å². The van der Waals surface area contributed by atoms with Crippen LogP contribution in [0.3, 0.4) is 0 Å². The third-order valence-corrected chi connectivity index (χ3v) is 3.52. The summed E-state index contributed by atoms with van der Waals surface area (Å²) < 4.78 is 46.6. The first-order chi connectivity index (χ1) is 11.6. The molecular formula is C16H15ClFNO5S. The van der Waals surface area contributed by atoms with Gasteiger partial charge in [-0.05, 0) is 42.0 Å². The normalized spacial score (nSPS) is 10.9. The molecule has 0 aliphatic heterocycles. The summed E-state index contributed by atoms with van der Waals surface area (Å²) in [5.41, 5.74) is 5.69. The second kappa shape index (κ2) is 9.16. The molecule has 0 aliphatic carbocycles. The molecule has 0 bridgehead atoms. The van der Waals surface area contributed by atoms with Crippen molar-refractivity contribution in [2.45, 2.75) is 0 Å². The van der Waals surface area contributed by atoms with E-state index >= 15 is 0 Å². The molecule has 9 heteroatoms. The average Bonchev–Trinajstić information content (AvgIpc) is 2.52. The number of hydrogen-bond donors (Lipinski definition) is 2. The SMILES string of the molecule is COc1cccc(/C=C/S(=O)(=O)O)c1.NC(=O)c1ccc(F)cc1Cl.